The summed E-state index contributed by atoms with van der Waals surface area (Å²) in [5.74, 6) is 0. The van der Waals surface area contributed by atoms with Crippen LogP contribution < -0.4 is 4.90 Å². The van der Waals surface area contributed by atoms with E-state index < -0.39 is 0 Å². The largest absolute Gasteiger partial charge is 0.310 e. The first-order chi connectivity index (χ1) is 28.8. The SMILES string of the molecule is c1ccc(N(c2ccccc2)c2cccc(-n3c4ccccc4c4c(-n5c6ccccc6c6cc(-n7c8ccccc8c8ccccc87)ccc65)cccc43)c2)cc1. The van der Waals surface area contributed by atoms with Crippen molar-refractivity contribution >= 4 is 82.5 Å². The van der Waals surface area contributed by atoms with Crippen LogP contribution in [0, 0.1) is 0 Å². The van der Waals surface area contributed by atoms with Gasteiger partial charge in [-0.15, -0.1) is 0 Å². The Balaban J connectivity index is 1.08. The number of hydrogen-bond donors (Lipinski definition) is 0. The smallest absolute Gasteiger partial charge is 0.0562 e. The molecule has 4 heteroatoms. The van der Waals surface area contributed by atoms with E-state index in [1.165, 1.54) is 59.9 Å². The summed E-state index contributed by atoms with van der Waals surface area (Å²) >= 11 is 0. The number of rotatable bonds is 6. The summed E-state index contributed by atoms with van der Waals surface area (Å²) in [5, 5.41) is 7.43. The van der Waals surface area contributed by atoms with E-state index in [1.54, 1.807) is 0 Å². The van der Waals surface area contributed by atoms with Crippen molar-refractivity contribution < 1.29 is 0 Å². The maximum Gasteiger partial charge on any atom is 0.0562 e. The third-order valence-corrected chi connectivity index (χ3v) is 11.8. The number of hydrogen-bond acceptors (Lipinski definition) is 1. The average molecular weight is 741 g/mol. The molecule has 0 atom stereocenters. The van der Waals surface area contributed by atoms with Gasteiger partial charge in [-0.05, 0) is 97.1 Å². The van der Waals surface area contributed by atoms with Crippen LogP contribution in [-0.4, -0.2) is 13.7 Å². The van der Waals surface area contributed by atoms with Gasteiger partial charge in [0.15, 0.2) is 0 Å². The van der Waals surface area contributed by atoms with Crippen molar-refractivity contribution in [1.29, 1.82) is 0 Å². The van der Waals surface area contributed by atoms with Crippen LogP contribution in [0.2, 0.25) is 0 Å². The molecule has 0 aliphatic rings. The fraction of sp³-hybridized carbons (Fsp3) is 0. The van der Waals surface area contributed by atoms with Crippen LogP contribution in [0.1, 0.15) is 0 Å². The van der Waals surface area contributed by atoms with Crippen LogP contribution in [0.15, 0.2) is 218 Å². The van der Waals surface area contributed by atoms with Crippen LogP contribution in [0.4, 0.5) is 17.1 Å². The zero-order valence-electron chi connectivity index (χ0n) is 31.6. The molecule has 0 spiro atoms. The molecular weight excluding hydrogens is 705 g/mol. The molecule has 58 heavy (non-hydrogen) atoms. The molecule has 12 rings (SSSR count). The first-order valence-electron chi connectivity index (χ1n) is 19.9. The standard InChI is InChI=1S/C54H36N4/c1-3-17-37(18-4-1)55(38-19-5-2-6-20-38)39-21-15-22-40(35-39)57-50-30-14-10-26-45(50)54-52(57)31-16-32-53(54)58-49-29-13-9-25-44(49)46-36-41(33-34-51(46)58)56-47-27-11-7-23-42(47)43-24-8-12-28-48(43)56/h1-36H. The van der Waals surface area contributed by atoms with Crippen molar-refractivity contribution in [3.05, 3.63) is 218 Å². The summed E-state index contributed by atoms with van der Waals surface area (Å²) in [6, 6.07) is 79.1. The van der Waals surface area contributed by atoms with Gasteiger partial charge in [-0.3, -0.25) is 0 Å². The van der Waals surface area contributed by atoms with Gasteiger partial charge in [0.25, 0.3) is 0 Å². The number of fused-ring (bicyclic) bond motifs is 9. The Morgan fingerprint density at radius 3 is 1.33 bits per heavy atom. The van der Waals surface area contributed by atoms with Crippen molar-refractivity contribution in [2.24, 2.45) is 0 Å². The zero-order chi connectivity index (χ0) is 38.2. The molecule has 272 valence electrons. The predicted molar refractivity (Wildman–Crippen MR) is 244 cm³/mol. The lowest BCUT2D eigenvalue weighted by molar-refractivity contribution is 1.16. The van der Waals surface area contributed by atoms with Crippen LogP contribution in [0.25, 0.3) is 82.5 Å². The van der Waals surface area contributed by atoms with Crippen molar-refractivity contribution in [3.8, 4) is 17.1 Å². The van der Waals surface area contributed by atoms with Crippen LogP contribution in [-0.2, 0) is 0 Å². The average Bonchev–Trinajstić information content (AvgIpc) is 3.93. The summed E-state index contributed by atoms with van der Waals surface area (Å²) in [6.07, 6.45) is 0. The first kappa shape index (κ1) is 32.4. The molecule has 0 unspecified atom stereocenters. The second kappa shape index (κ2) is 12.9. The highest BCUT2D eigenvalue weighted by atomic mass is 15.1. The van der Waals surface area contributed by atoms with Gasteiger partial charge in [-0.25, -0.2) is 0 Å². The lowest BCUT2D eigenvalue weighted by atomic mass is 10.1. The van der Waals surface area contributed by atoms with Crippen LogP contribution >= 0.6 is 0 Å². The quantitative estimate of drug-likeness (QED) is 0.166. The highest BCUT2D eigenvalue weighted by Crippen LogP contribution is 2.42. The van der Waals surface area contributed by atoms with Gasteiger partial charge in [0.2, 0.25) is 0 Å². The van der Waals surface area contributed by atoms with E-state index in [0.29, 0.717) is 0 Å². The van der Waals surface area contributed by atoms with Crippen molar-refractivity contribution in [2.75, 3.05) is 4.90 Å². The molecule has 4 nitrogen and oxygen atoms in total. The van der Waals surface area contributed by atoms with Crippen molar-refractivity contribution in [1.82, 2.24) is 13.7 Å². The summed E-state index contributed by atoms with van der Waals surface area (Å²) in [6.45, 7) is 0. The number of aromatic nitrogens is 3. The Morgan fingerprint density at radius 2 is 0.690 bits per heavy atom. The Morgan fingerprint density at radius 1 is 0.259 bits per heavy atom. The van der Waals surface area contributed by atoms with Gasteiger partial charge in [0, 0.05) is 60.8 Å². The number of para-hydroxylation sites is 6. The Labute approximate surface area is 335 Å². The molecule has 12 aromatic rings. The third kappa shape index (κ3) is 4.82. The topological polar surface area (TPSA) is 18.0 Å². The fourth-order valence-corrected chi connectivity index (χ4v) is 9.40. The van der Waals surface area contributed by atoms with Gasteiger partial charge in [0.05, 0.1) is 38.8 Å². The monoisotopic (exact) mass is 740 g/mol. The Kier molecular flexibility index (Phi) is 7.20. The van der Waals surface area contributed by atoms with Gasteiger partial charge in [0.1, 0.15) is 0 Å². The minimum atomic E-state index is 1.10. The number of anilines is 3. The highest BCUT2D eigenvalue weighted by molar-refractivity contribution is 6.17. The van der Waals surface area contributed by atoms with E-state index in [2.05, 4.69) is 237 Å². The normalized spacial score (nSPS) is 11.8. The number of benzene rings is 9. The highest BCUT2D eigenvalue weighted by Gasteiger charge is 2.21. The molecule has 0 aliphatic carbocycles. The van der Waals surface area contributed by atoms with Crippen molar-refractivity contribution in [3.63, 3.8) is 0 Å². The molecule has 0 aliphatic heterocycles. The van der Waals surface area contributed by atoms with Gasteiger partial charge in [-0.1, -0.05) is 121 Å². The predicted octanol–water partition coefficient (Wildman–Crippen LogP) is 14.4. The van der Waals surface area contributed by atoms with E-state index in [-0.39, 0.29) is 0 Å². The van der Waals surface area contributed by atoms with E-state index in [9.17, 15) is 0 Å². The second-order valence-electron chi connectivity index (χ2n) is 15.0. The molecule has 0 amide bonds. The van der Waals surface area contributed by atoms with E-state index in [0.717, 1.165) is 39.6 Å². The molecule has 3 aromatic heterocycles. The lowest BCUT2D eigenvalue weighted by Crippen LogP contribution is -2.10. The minimum absolute atomic E-state index is 1.10. The molecule has 0 fully saturated rings. The summed E-state index contributed by atoms with van der Waals surface area (Å²) < 4.78 is 7.32. The van der Waals surface area contributed by atoms with E-state index >= 15 is 0 Å². The maximum atomic E-state index is 2.47. The van der Waals surface area contributed by atoms with Crippen LogP contribution in [0.5, 0.6) is 0 Å². The summed E-state index contributed by atoms with van der Waals surface area (Å²) in [7, 11) is 0. The molecule has 9 aromatic carbocycles. The molecule has 0 N–H and O–H groups in total. The van der Waals surface area contributed by atoms with Gasteiger partial charge >= 0.3 is 0 Å². The molecular formula is C54H36N4. The summed E-state index contributed by atoms with van der Waals surface area (Å²) in [4.78, 5) is 2.33. The maximum absolute atomic E-state index is 2.47. The zero-order valence-corrected chi connectivity index (χ0v) is 31.6. The lowest BCUT2D eigenvalue weighted by Gasteiger charge is -2.26. The van der Waals surface area contributed by atoms with E-state index in [4.69, 9.17) is 0 Å². The second-order valence-corrected chi connectivity index (χ2v) is 15.0. The van der Waals surface area contributed by atoms with Crippen molar-refractivity contribution in [2.45, 2.75) is 0 Å². The molecule has 0 bridgehead atoms. The van der Waals surface area contributed by atoms with E-state index in [1.807, 2.05) is 0 Å². The van der Waals surface area contributed by atoms with Gasteiger partial charge < -0.3 is 18.6 Å². The third-order valence-electron chi connectivity index (χ3n) is 11.8. The molecule has 0 saturated carbocycles. The summed E-state index contributed by atoms with van der Waals surface area (Å²) in [5.41, 5.74) is 13.9. The number of nitrogens with zero attached hydrogens (tertiary/aromatic N) is 4. The molecule has 0 saturated heterocycles. The first-order valence-corrected chi connectivity index (χ1v) is 19.9. The Hall–Kier alpha value is -7.82. The minimum Gasteiger partial charge on any atom is -0.310 e. The molecule has 0 radical (unpaired) electrons. The Bertz CT molecular complexity index is 3420. The van der Waals surface area contributed by atoms with Gasteiger partial charge in [-0.2, -0.15) is 0 Å². The van der Waals surface area contributed by atoms with Crippen LogP contribution in [0.3, 0.4) is 0 Å². The fourth-order valence-electron chi connectivity index (χ4n) is 9.40. The molecule has 3 heterocycles.